The quantitative estimate of drug-likeness (QED) is 0.778. The number of para-hydroxylation sites is 1. The number of nitrogens with zero attached hydrogens (tertiary/aromatic N) is 2. The van der Waals surface area contributed by atoms with Crippen molar-refractivity contribution in [1.82, 2.24) is 0 Å². The molecule has 2 aromatic rings. The number of amides is 2. The van der Waals surface area contributed by atoms with Crippen LogP contribution >= 0.6 is 0 Å². The van der Waals surface area contributed by atoms with Crippen molar-refractivity contribution in [3.8, 4) is 6.07 Å². The minimum Gasteiger partial charge on any atom is -0.441 e. The maximum atomic E-state index is 12.7. The van der Waals surface area contributed by atoms with Gasteiger partial charge in [-0.1, -0.05) is 18.2 Å². The van der Waals surface area contributed by atoms with Gasteiger partial charge in [-0.05, 0) is 56.0 Å². The number of rotatable bonds is 3. The number of anilines is 3. The van der Waals surface area contributed by atoms with Crippen LogP contribution in [-0.2, 0) is 9.53 Å². The summed E-state index contributed by atoms with van der Waals surface area (Å²) in [7, 11) is 0. The second kappa shape index (κ2) is 7.47. The van der Waals surface area contributed by atoms with Gasteiger partial charge in [-0.2, -0.15) is 5.26 Å². The Morgan fingerprint density at radius 2 is 1.93 bits per heavy atom. The second-order valence-corrected chi connectivity index (χ2v) is 7.65. The normalized spacial score (nSPS) is 23.5. The summed E-state index contributed by atoms with van der Waals surface area (Å²) in [5, 5.41) is 11.8. The van der Waals surface area contributed by atoms with Crippen molar-refractivity contribution in [3.63, 3.8) is 0 Å². The van der Waals surface area contributed by atoms with E-state index in [1.54, 1.807) is 23.1 Å². The van der Waals surface area contributed by atoms with Gasteiger partial charge in [-0.3, -0.25) is 9.69 Å². The molecular formula is C22H22N4O3. The van der Waals surface area contributed by atoms with Crippen LogP contribution < -0.4 is 16.0 Å². The number of hydrogen-bond donors (Lipinski definition) is 2. The van der Waals surface area contributed by atoms with Gasteiger partial charge in [0.1, 0.15) is 5.60 Å². The van der Waals surface area contributed by atoms with Gasteiger partial charge >= 0.3 is 6.09 Å². The first-order valence-electron chi connectivity index (χ1n) is 9.66. The van der Waals surface area contributed by atoms with E-state index in [0.29, 0.717) is 49.2 Å². The van der Waals surface area contributed by atoms with Gasteiger partial charge in [0, 0.05) is 11.6 Å². The zero-order chi connectivity index (χ0) is 20.4. The van der Waals surface area contributed by atoms with Gasteiger partial charge in [0.05, 0.1) is 29.6 Å². The molecule has 4 rings (SSSR count). The Morgan fingerprint density at radius 1 is 1.21 bits per heavy atom. The Labute approximate surface area is 169 Å². The molecule has 1 aliphatic carbocycles. The predicted octanol–water partition coefficient (Wildman–Crippen LogP) is 3.66. The Morgan fingerprint density at radius 3 is 2.59 bits per heavy atom. The van der Waals surface area contributed by atoms with E-state index in [1.807, 2.05) is 36.4 Å². The largest absolute Gasteiger partial charge is 0.441 e. The first kappa shape index (κ1) is 18.8. The van der Waals surface area contributed by atoms with Crippen molar-refractivity contribution in [2.45, 2.75) is 31.3 Å². The summed E-state index contributed by atoms with van der Waals surface area (Å²) in [5.41, 5.74) is 7.55. The summed E-state index contributed by atoms with van der Waals surface area (Å²) in [6, 6.07) is 16.3. The van der Waals surface area contributed by atoms with Crippen LogP contribution in [0.2, 0.25) is 0 Å². The fraction of sp³-hybridized carbons (Fsp3) is 0.318. The minimum atomic E-state index is -0.531. The molecular weight excluding hydrogens is 368 g/mol. The third-order valence-corrected chi connectivity index (χ3v) is 5.74. The molecule has 7 heteroatoms. The van der Waals surface area contributed by atoms with Gasteiger partial charge in [0.25, 0.3) is 0 Å². The zero-order valence-electron chi connectivity index (χ0n) is 15.9. The molecule has 2 aliphatic rings. The number of ether oxygens (including phenoxy) is 1. The second-order valence-electron chi connectivity index (χ2n) is 7.65. The lowest BCUT2D eigenvalue weighted by Crippen LogP contribution is -2.41. The van der Waals surface area contributed by atoms with Crippen LogP contribution in [0.3, 0.4) is 0 Å². The average Bonchev–Trinajstić information content (AvgIpc) is 3.06. The molecule has 29 heavy (non-hydrogen) atoms. The fourth-order valence-electron chi connectivity index (χ4n) is 4.08. The molecule has 2 fully saturated rings. The Hall–Kier alpha value is -3.53. The maximum absolute atomic E-state index is 12.7. The van der Waals surface area contributed by atoms with Crippen LogP contribution in [0.1, 0.15) is 31.2 Å². The average molecular weight is 390 g/mol. The van der Waals surface area contributed by atoms with Crippen molar-refractivity contribution in [3.05, 3.63) is 54.1 Å². The standard InChI is InChI=1S/C22H22N4O3/c23-13-15-6-7-19(18(24)12-15)25-20(27)16-8-10-22(11-9-16)14-26(21(28)29-22)17-4-2-1-3-5-17/h1-7,12,16H,8-11,14,24H2,(H,25,27). The highest BCUT2D eigenvalue weighted by atomic mass is 16.6. The highest BCUT2D eigenvalue weighted by Crippen LogP contribution is 2.41. The van der Waals surface area contributed by atoms with E-state index in [1.165, 1.54) is 0 Å². The molecule has 1 heterocycles. The minimum absolute atomic E-state index is 0.0968. The van der Waals surface area contributed by atoms with Gasteiger partial charge in [0.15, 0.2) is 0 Å². The molecule has 0 unspecified atom stereocenters. The number of nitrogens with two attached hydrogens (primary N) is 1. The van der Waals surface area contributed by atoms with Crippen molar-refractivity contribution in [2.24, 2.45) is 5.92 Å². The number of hydrogen-bond acceptors (Lipinski definition) is 5. The van der Waals surface area contributed by atoms with Crippen LogP contribution in [0.5, 0.6) is 0 Å². The van der Waals surface area contributed by atoms with Gasteiger partial charge in [0.2, 0.25) is 5.91 Å². The molecule has 0 bridgehead atoms. The molecule has 2 amide bonds. The van der Waals surface area contributed by atoms with E-state index in [9.17, 15) is 9.59 Å². The number of nitrogens with one attached hydrogen (secondary N) is 1. The lowest BCUT2D eigenvalue weighted by Gasteiger charge is -2.34. The first-order valence-corrected chi connectivity index (χ1v) is 9.66. The third kappa shape index (κ3) is 3.74. The van der Waals surface area contributed by atoms with E-state index in [0.717, 1.165) is 5.69 Å². The van der Waals surface area contributed by atoms with Gasteiger partial charge in [-0.15, -0.1) is 0 Å². The van der Waals surface area contributed by atoms with Crippen molar-refractivity contribution >= 4 is 29.1 Å². The van der Waals surface area contributed by atoms with Crippen molar-refractivity contribution < 1.29 is 14.3 Å². The van der Waals surface area contributed by atoms with Crippen LogP contribution in [0.25, 0.3) is 0 Å². The van der Waals surface area contributed by atoms with E-state index >= 15 is 0 Å². The van der Waals surface area contributed by atoms with Crippen molar-refractivity contribution in [2.75, 3.05) is 22.5 Å². The van der Waals surface area contributed by atoms with E-state index < -0.39 is 5.60 Å². The lowest BCUT2D eigenvalue weighted by molar-refractivity contribution is -0.122. The van der Waals surface area contributed by atoms with Crippen molar-refractivity contribution in [1.29, 1.82) is 5.26 Å². The van der Waals surface area contributed by atoms with Crippen LogP contribution in [0, 0.1) is 17.2 Å². The van der Waals surface area contributed by atoms with E-state index in [-0.39, 0.29) is 17.9 Å². The smallest absolute Gasteiger partial charge is 0.415 e. The molecule has 1 saturated carbocycles. The highest BCUT2D eigenvalue weighted by molar-refractivity contribution is 5.95. The maximum Gasteiger partial charge on any atom is 0.415 e. The van der Waals surface area contributed by atoms with Gasteiger partial charge < -0.3 is 15.8 Å². The monoisotopic (exact) mass is 390 g/mol. The van der Waals surface area contributed by atoms with Crippen LogP contribution in [0.4, 0.5) is 21.9 Å². The molecule has 1 aliphatic heterocycles. The number of nitriles is 1. The molecule has 1 spiro atoms. The number of carbonyl (C=O) groups is 2. The molecule has 148 valence electrons. The molecule has 3 N–H and O–H groups in total. The predicted molar refractivity (Wildman–Crippen MR) is 109 cm³/mol. The van der Waals surface area contributed by atoms with E-state index in [4.69, 9.17) is 15.7 Å². The summed E-state index contributed by atoms with van der Waals surface area (Å²) in [5.74, 6) is -0.263. The number of benzene rings is 2. The molecule has 1 saturated heterocycles. The lowest BCUT2D eigenvalue weighted by atomic mass is 9.78. The van der Waals surface area contributed by atoms with E-state index in [2.05, 4.69) is 5.32 Å². The Balaban J connectivity index is 1.38. The fourth-order valence-corrected chi connectivity index (χ4v) is 4.08. The third-order valence-electron chi connectivity index (χ3n) is 5.74. The van der Waals surface area contributed by atoms with Crippen LogP contribution in [-0.4, -0.2) is 24.1 Å². The Kier molecular flexibility index (Phi) is 4.85. The molecule has 7 nitrogen and oxygen atoms in total. The number of nitrogen functional groups attached to an aromatic ring is 1. The molecule has 2 aromatic carbocycles. The summed E-state index contributed by atoms with van der Waals surface area (Å²) in [6.45, 7) is 0.507. The van der Waals surface area contributed by atoms with Crippen LogP contribution in [0.15, 0.2) is 48.5 Å². The zero-order valence-corrected chi connectivity index (χ0v) is 15.9. The SMILES string of the molecule is N#Cc1ccc(NC(=O)C2CCC3(CC2)CN(c2ccccc2)C(=O)O3)c(N)c1. The molecule has 0 radical (unpaired) electrons. The summed E-state index contributed by atoms with van der Waals surface area (Å²) < 4.78 is 5.75. The first-order chi connectivity index (χ1) is 14.0. The topological polar surface area (TPSA) is 108 Å². The van der Waals surface area contributed by atoms with Gasteiger partial charge in [-0.25, -0.2) is 4.79 Å². The molecule has 0 atom stereocenters. The summed E-state index contributed by atoms with van der Waals surface area (Å²) in [6.07, 6.45) is 2.23. The summed E-state index contributed by atoms with van der Waals surface area (Å²) in [4.78, 5) is 26.7. The summed E-state index contributed by atoms with van der Waals surface area (Å²) >= 11 is 0. The highest BCUT2D eigenvalue weighted by Gasteiger charge is 2.48. The number of carbonyl (C=O) groups excluding carboxylic acids is 2. The Bertz CT molecular complexity index is 975. The molecule has 0 aromatic heterocycles.